The van der Waals surface area contributed by atoms with E-state index in [0.29, 0.717) is 0 Å². The van der Waals surface area contributed by atoms with Crippen molar-refractivity contribution >= 4 is 5.82 Å². The average Bonchev–Trinajstić information content (AvgIpc) is 2.81. The molecule has 1 N–H and O–H groups in total. The minimum Gasteiger partial charge on any atom is -0.392 e. The molecule has 0 aliphatic heterocycles. The van der Waals surface area contributed by atoms with Crippen LogP contribution < -0.4 is 4.90 Å². The van der Waals surface area contributed by atoms with Gasteiger partial charge in [0.1, 0.15) is 5.82 Å². The Morgan fingerprint density at radius 3 is 2.71 bits per heavy atom. The maximum atomic E-state index is 9.07. The zero-order chi connectivity index (χ0) is 12.3. The van der Waals surface area contributed by atoms with Crippen molar-refractivity contribution in [3.8, 4) is 0 Å². The highest BCUT2D eigenvalue weighted by Gasteiger charge is 2.18. The second kappa shape index (κ2) is 5.50. The van der Waals surface area contributed by atoms with Gasteiger partial charge in [-0.25, -0.2) is 4.98 Å². The Morgan fingerprint density at radius 1 is 1.41 bits per heavy atom. The first-order chi connectivity index (χ1) is 8.20. The number of hydrogen-bond acceptors (Lipinski definition) is 3. The number of nitrogens with zero attached hydrogens (tertiary/aromatic N) is 2. The Kier molecular flexibility index (Phi) is 4.00. The summed E-state index contributed by atoms with van der Waals surface area (Å²) in [4.78, 5) is 6.71. The molecule has 1 aliphatic rings. The fraction of sp³-hybridized carbons (Fsp3) is 0.643. The van der Waals surface area contributed by atoms with Gasteiger partial charge >= 0.3 is 0 Å². The van der Waals surface area contributed by atoms with Crippen molar-refractivity contribution in [2.75, 3.05) is 18.5 Å². The van der Waals surface area contributed by atoms with E-state index in [2.05, 4.69) is 23.9 Å². The summed E-state index contributed by atoms with van der Waals surface area (Å²) in [5.74, 6) is 1.88. The highest BCUT2D eigenvalue weighted by molar-refractivity contribution is 5.46. The molecule has 1 aromatic rings. The van der Waals surface area contributed by atoms with Gasteiger partial charge in [-0.15, -0.1) is 0 Å². The van der Waals surface area contributed by atoms with Gasteiger partial charge in [0, 0.05) is 19.8 Å². The molecule has 0 amide bonds. The van der Waals surface area contributed by atoms with Crippen molar-refractivity contribution in [1.82, 2.24) is 4.98 Å². The summed E-state index contributed by atoms with van der Waals surface area (Å²) < 4.78 is 0. The molecule has 1 heterocycles. The van der Waals surface area contributed by atoms with Gasteiger partial charge in [-0.3, -0.25) is 0 Å². The fourth-order valence-electron chi connectivity index (χ4n) is 2.78. The zero-order valence-corrected chi connectivity index (χ0v) is 10.8. The van der Waals surface area contributed by atoms with Crippen LogP contribution in [0.1, 0.15) is 36.8 Å². The average molecular weight is 234 g/mol. The molecular formula is C14H22N2O. The molecule has 0 bridgehead atoms. The van der Waals surface area contributed by atoms with Crippen molar-refractivity contribution in [2.45, 2.75) is 39.2 Å². The molecule has 94 valence electrons. The van der Waals surface area contributed by atoms with Crippen LogP contribution in [0.3, 0.4) is 0 Å². The molecule has 0 radical (unpaired) electrons. The second-order valence-corrected chi connectivity index (χ2v) is 5.17. The topological polar surface area (TPSA) is 36.4 Å². The minimum absolute atomic E-state index is 0.0699. The zero-order valence-electron chi connectivity index (χ0n) is 10.8. The SMILES string of the molecule is Cc1cc(CO)cnc1N(C)CC1CCCC1. The number of pyridine rings is 1. The quantitative estimate of drug-likeness (QED) is 0.869. The lowest BCUT2D eigenvalue weighted by Gasteiger charge is -2.23. The molecule has 1 aliphatic carbocycles. The van der Waals surface area contributed by atoms with Gasteiger partial charge in [0.05, 0.1) is 6.61 Å². The van der Waals surface area contributed by atoms with Crippen molar-refractivity contribution in [2.24, 2.45) is 5.92 Å². The molecule has 17 heavy (non-hydrogen) atoms. The normalized spacial score (nSPS) is 16.4. The number of aliphatic hydroxyl groups is 1. The number of rotatable bonds is 4. The van der Waals surface area contributed by atoms with Gasteiger partial charge in [-0.2, -0.15) is 0 Å². The number of hydrogen-bond donors (Lipinski definition) is 1. The number of aryl methyl sites for hydroxylation is 1. The summed E-state index contributed by atoms with van der Waals surface area (Å²) in [6.45, 7) is 3.24. The monoisotopic (exact) mass is 234 g/mol. The first kappa shape index (κ1) is 12.4. The van der Waals surface area contributed by atoms with Crippen LogP contribution in [0, 0.1) is 12.8 Å². The summed E-state index contributed by atoms with van der Waals surface area (Å²) in [5.41, 5.74) is 2.04. The van der Waals surface area contributed by atoms with Gasteiger partial charge in [0.2, 0.25) is 0 Å². The Bertz CT molecular complexity index is 372. The van der Waals surface area contributed by atoms with Gasteiger partial charge in [-0.05, 0) is 42.9 Å². The number of anilines is 1. The van der Waals surface area contributed by atoms with Gasteiger partial charge in [-0.1, -0.05) is 12.8 Å². The van der Waals surface area contributed by atoms with Crippen molar-refractivity contribution in [1.29, 1.82) is 0 Å². The minimum atomic E-state index is 0.0699. The maximum absolute atomic E-state index is 9.07. The molecular weight excluding hydrogens is 212 g/mol. The molecule has 0 atom stereocenters. The van der Waals surface area contributed by atoms with Crippen LogP contribution in [0.25, 0.3) is 0 Å². The molecule has 0 unspecified atom stereocenters. The fourth-order valence-corrected chi connectivity index (χ4v) is 2.78. The van der Waals surface area contributed by atoms with Crippen LogP contribution in [0.15, 0.2) is 12.3 Å². The first-order valence-electron chi connectivity index (χ1n) is 6.48. The molecule has 1 fully saturated rings. The van der Waals surface area contributed by atoms with Crippen molar-refractivity contribution in [3.63, 3.8) is 0 Å². The van der Waals surface area contributed by atoms with Crippen molar-refractivity contribution < 1.29 is 5.11 Å². The van der Waals surface area contributed by atoms with E-state index in [4.69, 9.17) is 5.11 Å². The highest BCUT2D eigenvalue weighted by Crippen LogP contribution is 2.27. The summed E-state index contributed by atoms with van der Waals surface area (Å²) in [7, 11) is 2.12. The van der Waals surface area contributed by atoms with Crippen LogP contribution >= 0.6 is 0 Å². The molecule has 0 aromatic carbocycles. The van der Waals surface area contributed by atoms with E-state index in [1.54, 1.807) is 6.20 Å². The van der Waals surface area contributed by atoms with Crippen molar-refractivity contribution in [3.05, 3.63) is 23.4 Å². The summed E-state index contributed by atoms with van der Waals surface area (Å²) in [5, 5.41) is 9.07. The highest BCUT2D eigenvalue weighted by atomic mass is 16.3. The third-order valence-corrected chi connectivity index (χ3v) is 3.66. The molecule has 0 spiro atoms. The molecule has 3 heteroatoms. The van der Waals surface area contributed by atoms with Crippen LogP contribution in [-0.2, 0) is 6.61 Å². The van der Waals surface area contributed by atoms with E-state index >= 15 is 0 Å². The molecule has 0 saturated heterocycles. The van der Waals surface area contributed by atoms with Gasteiger partial charge < -0.3 is 10.0 Å². The summed E-state index contributed by atoms with van der Waals surface area (Å²) >= 11 is 0. The third kappa shape index (κ3) is 2.97. The van der Waals surface area contributed by atoms with E-state index in [1.807, 2.05) is 6.07 Å². The smallest absolute Gasteiger partial charge is 0.131 e. The Balaban J connectivity index is 2.04. The Labute approximate surface area is 103 Å². The van der Waals surface area contributed by atoms with Gasteiger partial charge in [0.25, 0.3) is 0 Å². The maximum Gasteiger partial charge on any atom is 0.131 e. The van der Waals surface area contributed by atoms with Crippen LogP contribution in [0.5, 0.6) is 0 Å². The Morgan fingerprint density at radius 2 is 2.12 bits per heavy atom. The standard InChI is InChI=1S/C14H22N2O/c1-11-7-13(10-17)8-15-14(11)16(2)9-12-5-3-4-6-12/h7-8,12,17H,3-6,9-10H2,1-2H3. The van der Waals surface area contributed by atoms with Gasteiger partial charge in [0.15, 0.2) is 0 Å². The van der Waals surface area contributed by atoms with E-state index < -0.39 is 0 Å². The lowest BCUT2D eigenvalue weighted by molar-refractivity contribution is 0.281. The molecule has 2 rings (SSSR count). The number of aliphatic hydroxyl groups excluding tert-OH is 1. The second-order valence-electron chi connectivity index (χ2n) is 5.17. The van der Waals surface area contributed by atoms with E-state index in [0.717, 1.165) is 29.4 Å². The Hall–Kier alpha value is -1.09. The molecule has 1 aromatic heterocycles. The van der Waals surface area contributed by atoms with E-state index in [-0.39, 0.29) is 6.61 Å². The predicted molar refractivity (Wildman–Crippen MR) is 70.1 cm³/mol. The molecule has 1 saturated carbocycles. The summed E-state index contributed by atoms with van der Waals surface area (Å²) in [6.07, 6.45) is 7.26. The van der Waals surface area contributed by atoms with Crippen LogP contribution in [0.4, 0.5) is 5.82 Å². The predicted octanol–water partition coefficient (Wildman–Crippen LogP) is 2.51. The largest absolute Gasteiger partial charge is 0.392 e. The lowest BCUT2D eigenvalue weighted by Crippen LogP contribution is -2.25. The van der Waals surface area contributed by atoms with Crippen LogP contribution in [0.2, 0.25) is 0 Å². The first-order valence-corrected chi connectivity index (χ1v) is 6.48. The molecule has 3 nitrogen and oxygen atoms in total. The van der Waals surface area contributed by atoms with E-state index in [9.17, 15) is 0 Å². The van der Waals surface area contributed by atoms with Crippen LogP contribution in [-0.4, -0.2) is 23.7 Å². The third-order valence-electron chi connectivity index (χ3n) is 3.66. The lowest BCUT2D eigenvalue weighted by atomic mass is 10.1. The van der Waals surface area contributed by atoms with E-state index in [1.165, 1.54) is 25.7 Å². The summed E-state index contributed by atoms with van der Waals surface area (Å²) in [6, 6.07) is 2.02. The number of aromatic nitrogens is 1.